The lowest BCUT2D eigenvalue weighted by atomic mass is 9.85. The molecule has 0 aromatic heterocycles. The SMILES string of the molecule is C=C/C=C\C(=C/C)NS(=O)C(=C)c1ccc(N2C(=O)C3C4C=CC(C4)C3C2=O)cc1.CC.CC. The van der Waals surface area contributed by atoms with Gasteiger partial charge in [-0.1, -0.05) is 83.4 Å². The molecule has 1 heterocycles. The van der Waals surface area contributed by atoms with Crippen LogP contribution in [0.2, 0.25) is 0 Å². The van der Waals surface area contributed by atoms with E-state index >= 15 is 0 Å². The second-order valence-corrected chi connectivity index (χ2v) is 8.93. The molecule has 1 saturated carbocycles. The Labute approximate surface area is 206 Å². The molecule has 1 N–H and O–H groups in total. The van der Waals surface area contributed by atoms with Crippen molar-refractivity contribution in [1.82, 2.24) is 4.72 Å². The predicted octanol–water partition coefficient (Wildman–Crippen LogP) is 5.92. The molecule has 1 aromatic rings. The average Bonchev–Trinajstić information content (AvgIpc) is 3.57. The predicted molar refractivity (Wildman–Crippen MR) is 143 cm³/mol. The lowest BCUT2D eigenvalue weighted by Gasteiger charge is -2.18. The number of carbonyl (C=O) groups is 2. The Kier molecular flexibility index (Phi) is 9.99. The number of anilines is 1. The van der Waals surface area contributed by atoms with Crippen molar-refractivity contribution in [3.05, 3.63) is 85.1 Å². The van der Waals surface area contributed by atoms with Crippen LogP contribution in [-0.4, -0.2) is 16.0 Å². The largest absolute Gasteiger partial charge is 0.302 e. The third kappa shape index (κ3) is 5.22. The van der Waals surface area contributed by atoms with Gasteiger partial charge < -0.3 is 4.72 Å². The van der Waals surface area contributed by atoms with E-state index in [4.69, 9.17) is 0 Å². The second-order valence-electron chi connectivity index (χ2n) is 7.69. The standard InChI is InChI=1S/C24H24N2O3S.2C2H6/c1-4-6-7-19(5-2)25-30(29)15(3)16-10-12-20(13-11-16)26-23(27)21-17-8-9-18(14-17)22(21)24(26)28;2*1-2/h4-13,17-18,21-22,25H,1,3,14H2,2H3;2*1-2H3/b7-6-,19-5+;;. The van der Waals surface area contributed by atoms with E-state index in [1.807, 2.05) is 34.6 Å². The minimum atomic E-state index is -1.53. The molecule has 5 unspecified atom stereocenters. The van der Waals surface area contributed by atoms with Gasteiger partial charge >= 0.3 is 0 Å². The number of allylic oxidation sites excluding steroid dienone is 6. The van der Waals surface area contributed by atoms with Gasteiger partial charge in [0.15, 0.2) is 0 Å². The van der Waals surface area contributed by atoms with E-state index in [-0.39, 0.29) is 35.5 Å². The number of carbonyl (C=O) groups excluding carboxylic acids is 2. The molecular formula is C28H36N2O3S. The number of nitrogens with one attached hydrogen (secondary N) is 1. The van der Waals surface area contributed by atoms with Crippen LogP contribution in [0.3, 0.4) is 0 Å². The van der Waals surface area contributed by atoms with E-state index < -0.39 is 11.0 Å². The summed E-state index contributed by atoms with van der Waals surface area (Å²) in [5.74, 6) is -0.283. The summed E-state index contributed by atoms with van der Waals surface area (Å²) in [6.45, 7) is 17.4. The maximum absolute atomic E-state index is 12.9. The fourth-order valence-corrected chi connectivity index (χ4v) is 5.46. The van der Waals surface area contributed by atoms with Crippen molar-refractivity contribution in [1.29, 1.82) is 0 Å². The zero-order valence-electron chi connectivity index (χ0n) is 20.8. The quantitative estimate of drug-likeness (QED) is 0.299. The lowest BCUT2D eigenvalue weighted by molar-refractivity contribution is -0.123. The fraction of sp³-hybridized carbons (Fsp3) is 0.357. The van der Waals surface area contributed by atoms with E-state index in [1.165, 1.54) is 4.90 Å². The number of rotatable bonds is 7. The first kappa shape index (κ1) is 27.3. The molecule has 2 fully saturated rings. The normalized spacial score (nSPS) is 25.3. The molecule has 2 aliphatic carbocycles. The molecule has 2 amide bonds. The van der Waals surface area contributed by atoms with Crippen LogP contribution in [0.5, 0.6) is 0 Å². The lowest BCUT2D eigenvalue weighted by Crippen LogP contribution is -2.32. The monoisotopic (exact) mass is 480 g/mol. The first-order valence-electron chi connectivity index (χ1n) is 12.0. The van der Waals surface area contributed by atoms with Gasteiger partial charge in [0, 0.05) is 5.70 Å². The number of benzene rings is 1. The Morgan fingerprint density at radius 3 is 2.03 bits per heavy atom. The van der Waals surface area contributed by atoms with Crippen molar-refractivity contribution in [3.63, 3.8) is 0 Å². The van der Waals surface area contributed by atoms with Crippen LogP contribution in [0, 0.1) is 23.7 Å². The Hall–Kier alpha value is -2.99. The van der Waals surface area contributed by atoms with Gasteiger partial charge in [-0.15, -0.1) is 0 Å². The molecule has 3 aliphatic rings. The second kappa shape index (κ2) is 12.5. The number of nitrogens with zero attached hydrogens (tertiary/aromatic N) is 1. The van der Waals surface area contributed by atoms with Gasteiger partial charge in [0.1, 0.15) is 11.0 Å². The topological polar surface area (TPSA) is 66.5 Å². The van der Waals surface area contributed by atoms with Crippen LogP contribution in [0.25, 0.3) is 4.91 Å². The highest BCUT2D eigenvalue weighted by molar-refractivity contribution is 7.92. The van der Waals surface area contributed by atoms with Gasteiger partial charge in [0.05, 0.1) is 22.4 Å². The summed E-state index contributed by atoms with van der Waals surface area (Å²) in [6, 6.07) is 6.93. The van der Waals surface area contributed by atoms with Gasteiger partial charge in [0.25, 0.3) is 0 Å². The molecule has 34 heavy (non-hydrogen) atoms. The number of hydrogen-bond acceptors (Lipinski definition) is 3. The summed E-state index contributed by atoms with van der Waals surface area (Å²) in [5, 5.41) is 0. The Morgan fingerprint density at radius 1 is 1.03 bits per heavy atom. The van der Waals surface area contributed by atoms with Crippen molar-refractivity contribution in [2.75, 3.05) is 4.90 Å². The maximum atomic E-state index is 12.9. The number of amides is 2. The van der Waals surface area contributed by atoms with Gasteiger partial charge in [0.2, 0.25) is 11.8 Å². The van der Waals surface area contributed by atoms with Crippen LogP contribution in [-0.2, 0) is 20.6 Å². The zero-order chi connectivity index (χ0) is 25.4. The molecule has 6 heteroatoms. The summed E-state index contributed by atoms with van der Waals surface area (Å²) in [7, 11) is -1.53. The Balaban J connectivity index is 0.000000970. The third-order valence-corrected chi connectivity index (χ3v) is 7.18. The number of imide groups is 1. The molecule has 4 rings (SSSR count). The number of hydrogen-bond donors (Lipinski definition) is 1. The van der Waals surface area contributed by atoms with Crippen molar-refractivity contribution in [2.24, 2.45) is 23.7 Å². The fourth-order valence-electron chi connectivity index (χ4n) is 4.59. The van der Waals surface area contributed by atoms with Gasteiger partial charge in [-0.2, -0.15) is 0 Å². The summed E-state index contributed by atoms with van der Waals surface area (Å²) in [5.41, 5.74) is 1.92. The summed E-state index contributed by atoms with van der Waals surface area (Å²) in [6.07, 6.45) is 12.0. The molecule has 1 aromatic carbocycles. The molecule has 1 aliphatic heterocycles. The summed E-state index contributed by atoms with van der Waals surface area (Å²) in [4.78, 5) is 27.6. The van der Waals surface area contributed by atoms with Gasteiger partial charge in [-0.3, -0.25) is 14.5 Å². The maximum Gasteiger partial charge on any atom is 0.238 e. The minimum Gasteiger partial charge on any atom is -0.302 e. The average molecular weight is 481 g/mol. The molecule has 0 radical (unpaired) electrons. The molecule has 1 saturated heterocycles. The summed E-state index contributed by atoms with van der Waals surface area (Å²) < 4.78 is 15.5. The van der Waals surface area contributed by atoms with E-state index in [9.17, 15) is 13.8 Å². The molecule has 0 spiro atoms. The van der Waals surface area contributed by atoms with Crippen molar-refractivity contribution >= 4 is 33.4 Å². The van der Waals surface area contributed by atoms with Crippen LogP contribution in [0.1, 0.15) is 46.6 Å². The van der Waals surface area contributed by atoms with Crippen LogP contribution >= 0.6 is 0 Å². The minimum absolute atomic E-state index is 0.106. The van der Waals surface area contributed by atoms with Crippen LogP contribution < -0.4 is 9.62 Å². The van der Waals surface area contributed by atoms with Crippen LogP contribution in [0.15, 0.2) is 79.6 Å². The van der Waals surface area contributed by atoms with Crippen LogP contribution in [0.4, 0.5) is 5.69 Å². The molecule has 182 valence electrons. The van der Waals surface area contributed by atoms with E-state index in [0.29, 0.717) is 21.9 Å². The highest BCUT2D eigenvalue weighted by Crippen LogP contribution is 2.53. The highest BCUT2D eigenvalue weighted by Gasteiger charge is 2.59. The Bertz CT molecular complexity index is 1010. The van der Waals surface area contributed by atoms with Gasteiger partial charge in [-0.25, -0.2) is 4.21 Å². The van der Waals surface area contributed by atoms with Crippen molar-refractivity contribution in [3.8, 4) is 0 Å². The summed E-state index contributed by atoms with van der Waals surface area (Å²) >= 11 is 0. The third-order valence-electron chi connectivity index (χ3n) is 6.08. The van der Waals surface area contributed by atoms with Crippen molar-refractivity contribution < 1.29 is 13.8 Å². The molecule has 5 atom stereocenters. The molecule has 2 bridgehead atoms. The van der Waals surface area contributed by atoms with E-state index in [0.717, 1.165) is 6.42 Å². The molecular weight excluding hydrogens is 444 g/mol. The number of fused-ring (bicyclic) bond motifs is 5. The van der Waals surface area contributed by atoms with E-state index in [2.05, 4.69) is 30.0 Å². The smallest absolute Gasteiger partial charge is 0.238 e. The van der Waals surface area contributed by atoms with Crippen molar-refractivity contribution in [2.45, 2.75) is 41.0 Å². The van der Waals surface area contributed by atoms with Gasteiger partial charge in [-0.05, 0) is 49.0 Å². The first-order chi connectivity index (χ1) is 16.5. The zero-order valence-corrected chi connectivity index (χ0v) is 21.6. The first-order valence-corrected chi connectivity index (χ1v) is 13.1. The van der Waals surface area contributed by atoms with E-state index in [1.54, 1.807) is 48.6 Å². The molecule has 5 nitrogen and oxygen atoms in total. The highest BCUT2D eigenvalue weighted by atomic mass is 32.2. The Morgan fingerprint density at radius 2 is 1.56 bits per heavy atom.